The van der Waals surface area contributed by atoms with Gasteiger partial charge in [0, 0.05) is 30.8 Å². The summed E-state index contributed by atoms with van der Waals surface area (Å²) < 4.78 is 23.0. The average Bonchev–Trinajstić information content (AvgIpc) is 2.89. The number of nitrogens with zero attached hydrogens (tertiary/aromatic N) is 2. The van der Waals surface area contributed by atoms with Crippen LogP contribution in [0.4, 0.5) is 0 Å². The van der Waals surface area contributed by atoms with Crippen molar-refractivity contribution in [3.8, 4) is 0 Å². The minimum atomic E-state index is -3.20. The molecule has 1 aromatic heterocycles. The molecule has 120 valence electrons. The predicted octanol–water partition coefficient (Wildman–Crippen LogP) is 2.26. The van der Waals surface area contributed by atoms with Gasteiger partial charge in [0.2, 0.25) is 5.91 Å². The van der Waals surface area contributed by atoms with Crippen LogP contribution in [0, 0.1) is 0 Å². The number of sulfone groups is 1. The second-order valence-corrected chi connectivity index (χ2v) is 8.47. The smallest absolute Gasteiger partial charge is 0.234 e. The number of amides is 1. The zero-order valence-corrected chi connectivity index (χ0v) is 14.2. The van der Waals surface area contributed by atoms with E-state index in [1.807, 2.05) is 12.1 Å². The van der Waals surface area contributed by atoms with E-state index >= 15 is 0 Å². The van der Waals surface area contributed by atoms with Crippen molar-refractivity contribution in [3.63, 3.8) is 0 Å². The second kappa shape index (κ2) is 6.33. The Morgan fingerprint density at radius 3 is 2.61 bits per heavy atom. The van der Waals surface area contributed by atoms with E-state index in [1.54, 1.807) is 53.3 Å². The lowest BCUT2D eigenvalue weighted by atomic mass is 10.2. The summed E-state index contributed by atoms with van der Waals surface area (Å²) in [5, 5.41) is -0.0502. The molecule has 1 saturated heterocycles. The molecule has 0 spiro atoms. The molecule has 1 aliphatic heterocycles. The van der Waals surface area contributed by atoms with Gasteiger partial charge in [0.15, 0.2) is 9.84 Å². The first-order valence-electron chi connectivity index (χ1n) is 7.05. The van der Waals surface area contributed by atoms with E-state index in [0.717, 1.165) is 11.1 Å². The number of aromatic nitrogens is 1. The molecule has 23 heavy (non-hydrogen) atoms. The highest BCUT2D eigenvalue weighted by Crippen LogP contribution is 2.39. The van der Waals surface area contributed by atoms with Gasteiger partial charge in [0.25, 0.3) is 0 Å². The molecule has 1 fully saturated rings. The standard InChI is InChI=1S/C16H16N2O3S2/c1-23(20,21)14-6-4-12(5-7-14)10-18-15(19)11-22-16(18)13-3-2-8-17-9-13/h2-9,16H,10-11H2,1H3. The number of rotatable bonds is 4. The van der Waals surface area contributed by atoms with Gasteiger partial charge >= 0.3 is 0 Å². The first-order valence-corrected chi connectivity index (χ1v) is 9.99. The van der Waals surface area contributed by atoms with Crippen LogP contribution >= 0.6 is 11.8 Å². The number of carbonyl (C=O) groups excluding carboxylic acids is 1. The van der Waals surface area contributed by atoms with Crippen LogP contribution in [0.25, 0.3) is 0 Å². The van der Waals surface area contributed by atoms with Crippen molar-refractivity contribution in [2.75, 3.05) is 12.0 Å². The first-order chi connectivity index (χ1) is 10.9. The maximum Gasteiger partial charge on any atom is 0.234 e. The molecule has 1 amide bonds. The topological polar surface area (TPSA) is 67.3 Å². The number of pyridine rings is 1. The molecular formula is C16H16N2O3S2. The molecule has 1 atom stereocenters. The molecule has 0 bridgehead atoms. The van der Waals surface area contributed by atoms with E-state index in [1.165, 1.54) is 6.26 Å². The van der Waals surface area contributed by atoms with Gasteiger partial charge in [-0.2, -0.15) is 0 Å². The molecule has 1 aliphatic rings. The third-order valence-electron chi connectivity index (χ3n) is 3.64. The molecule has 0 saturated carbocycles. The fourth-order valence-corrected chi connectivity index (χ4v) is 4.26. The summed E-state index contributed by atoms with van der Waals surface area (Å²) >= 11 is 1.58. The molecule has 3 rings (SSSR count). The van der Waals surface area contributed by atoms with Crippen molar-refractivity contribution in [3.05, 3.63) is 59.9 Å². The summed E-state index contributed by atoms with van der Waals surface area (Å²) in [6, 6.07) is 10.5. The molecule has 7 heteroatoms. The van der Waals surface area contributed by atoms with Crippen molar-refractivity contribution in [2.45, 2.75) is 16.8 Å². The Balaban J connectivity index is 1.81. The minimum absolute atomic E-state index is 0.0502. The van der Waals surface area contributed by atoms with Crippen LogP contribution < -0.4 is 0 Å². The molecule has 2 heterocycles. The van der Waals surface area contributed by atoms with Gasteiger partial charge in [0.1, 0.15) is 5.37 Å². The number of thioether (sulfide) groups is 1. The van der Waals surface area contributed by atoms with Crippen LogP contribution in [0.5, 0.6) is 0 Å². The van der Waals surface area contributed by atoms with Gasteiger partial charge in [-0.3, -0.25) is 9.78 Å². The Bertz CT molecular complexity index is 805. The van der Waals surface area contributed by atoms with E-state index in [9.17, 15) is 13.2 Å². The molecular weight excluding hydrogens is 332 g/mol. The van der Waals surface area contributed by atoms with Crippen LogP contribution in [-0.4, -0.2) is 36.2 Å². The Morgan fingerprint density at radius 2 is 2.00 bits per heavy atom. The molecule has 0 radical (unpaired) electrons. The Labute approximate surface area is 139 Å². The molecule has 2 aromatic rings. The quantitative estimate of drug-likeness (QED) is 0.848. The zero-order valence-electron chi connectivity index (χ0n) is 12.5. The van der Waals surface area contributed by atoms with E-state index in [2.05, 4.69) is 4.98 Å². The highest BCUT2D eigenvalue weighted by Gasteiger charge is 2.32. The van der Waals surface area contributed by atoms with E-state index in [4.69, 9.17) is 0 Å². The van der Waals surface area contributed by atoms with E-state index in [0.29, 0.717) is 12.3 Å². The van der Waals surface area contributed by atoms with Gasteiger partial charge < -0.3 is 4.90 Å². The van der Waals surface area contributed by atoms with Crippen LogP contribution in [0.1, 0.15) is 16.5 Å². The fraction of sp³-hybridized carbons (Fsp3) is 0.250. The van der Waals surface area contributed by atoms with Gasteiger partial charge in [-0.05, 0) is 23.8 Å². The predicted molar refractivity (Wildman–Crippen MR) is 89.5 cm³/mol. The number of carbonyl (C=O) groups is 1. The largest absolute Gasteiger partial charge is 0.321 e. The number of hydrogen-bond donors (Lipinski definition) is 0. The minimum Gasteiger partial charge on any atom is -0.321 e. The van der Waals surface area contributed by atoms with Crippen LogP contribution in [-0.2, 0) is 21.2 Å². The summed E-state index contributed by atoms with van der Waals surface area (Å²) in [7, 11) is -3.20. The third-order valence-corrected chi connectivity index (χ3v) is 6.03. The van der Waals surface area contributed by atoms with Gasteiger partial charge in [-0.15, -0.1) is 11.8 Å². The summed E-state index contributed by atoms with van der Waals surface area (Å²) in [5.41, 5.74) is 1.90. The maximum atomic E-state index is 12.2. The van der Waals surface area contributed by atoms with Crippen molar-refractivity contribution in [1.29, 1.82) is 0 Å². The zero-order chi connectivity index (χ0) is 16.4. The van der Waals surface area contributed by atoms with Crippen molar-refractivity contribution < 1.29 is 13.2 Å². The third kappa shape index (κ3) is 3.56. The highest BCUT2D eigenvalue weighted by molar-refractivity contribution is 8.00. The Morgan fingerprint density at radius 1 is 1.26 bits per heavy atom. The van der Waals surface area contributed by atoms with Crippen LogP contribution in [0.2, 0.25) is 0 Å². The molecule has 1 aromatic carbocycles. The molecule has 0 N–H and O–H groups in total. The Hall–Kier alpha value is -1.86. The summed E-state index contributed by atoms with van der Waals surface area (Å²) in [6.07, 6.45) is 4.66. The lowest BCUT2D eigenvalue weighted by Gasteiger charge is -2.24. The van der Waals surface area contributed by atoms with Gasteiger partial charge in [-0.1, -0.05) is 18.2 Å². The number of benzene rings is 1. The van der Waals surface area contributed by atoms with Gasteiger partial charge in [0.05, 0.1) is 10.6 Å². The SMILES string of the molecule is CS(=O)(=O)c1ccc(CN2C(=O)CSC2c2cccnc2)cc1. The summed E-state index contributed by atoms with van der Waals surface area (Å²) in [4.78, 5) is 18.4. The van der Waals surface area contributed by atoms with E-state index in [-0.39, 0.29) is 16.2 Å². The lowest BCUT2D eigenvalue weighted by Crippen LogP contribution is -2.27. The van der Waals surface area contributed by atoms with Crippen molar-refractivity contribution in [1.82, 2.24) is 9.88 Å². The molecule has 0 aliphatic carbocycles. The average molecular weight is 348 g/mol. The first kappa shape index (κ1) is 16.0. The summed E-state index contributed by atoms with van der Waals surface area (Å²) in [6.45, 7) is 0.454. The van der Waals surface area contributed by atoms with Gasteiger partial charge in [-0.25, -0.2) is 8.42 Å². The Kier molecular flexibility index (Phi) is 4.41. The van der Waals surface area contributed by atoms with Crippen molar-refractivity contribution in [2.24, 2.45) is 0 Å². The molecule has 1 unspecified atom stereocenters. The van der Waals surface area contributed by atoms with Crippen LogP contribution in [0.3, 0.4) is 0 Å². The maximum absolute atomic E-state index is 12.2. The van der Waals surface area contributed by atoms with E-state index < -0.39 is 9.84 Å². The summed E-state index contributed by atoms with van der Waals surface area (Å²) in [5.74, 6) is 0.525. The second-order valence-electron chi connectivity index (χ2n) is 5.39. The monoisotopic (exact) mass is 348 g/mol. The van der Waals surface area contributed by atoms with Crippen LogP contribution in [0.15, 0.2) is 53.7 Å². The normalized spacial score (nSPS) is 18.4. The van der Waals surface area contributed by atoms with Crippen molar-refractivity contribution >= 4 is 27.5 Å². The number of hydrogen-bond acceptors (Lipinski definition) is 5. The molecule has 5 nitrogen and oxygen atoms in total. The highest BCUT2D eigenvalue weighted by atomic mass is 32.2. The fourth-order valence-electron chi connectivity index (χ4n) is 2.46. The lowest BCUT2D eigenvalue weighted by molar-refractivity contribution is -0.128.